The van der Waals surface area contributed by atoms with Crippen LogP contribution < -0.4 is 5.73 Å². The fraction of sp³-hybridized carbons (Fsp3) is 0.333. The molecule has 0 spiro atoms. The van der Waals surface area contributed by atoms with Gasteiger partial charge in [-0.1, -0.05) is 12.1 Å². The predicted molar refractivity (Wildman–Crippen MR) is 75.0 cm³/mol. The summed E-state index contributed by atoms with van der Waals surface area (Å²) in [6, 6.07) is 9.21. The van der Waals surface area contributed by atoms with E-state index in [0.717, 1.165) is 37.1 Å². The van der Waals surface area contributed by atoms with Crippen LogP contribution in [0.15, 0.2) is 36.5 Å². The molecule has 2 aromatic rings. The molecule has 2 N–H and O–H groups in total. The molecule has 1 aromatic heterocycles. The maximum atomic E-state index is 11.3. The van der Waals surface area contributed by atoms with Gasteiger partial charge in [-0.3, -0.25) is 4.79 Å². The summed E-state index contributed by atoms with van der Waals surface area (Å²) >= 11 is 0. The van der Waals surface area contributed by atoms with Gasteiger partial charge < -0.3 is 10.5 Å². The van der Waals surface area contributed by atoms with Gasteiger partial charge in [0.25, 0.3) is 0 Å². The Morgan fingerprint density at radius 2 is 2.25 bits per heavy atom. The molecule has 0 saturated carbocycles. The molecule has 1 unspecified atom stereocenters. The lowest BCUT2D eigenvalue weighted by Gasteiger charge is -2.24. The molecule has 5 heteroatoms. The Hall–Kier alpha value is -2.14. The van der Waals surface area contributed by atoms with Crippen LogP contribution in [0.2, 0.25) is 0 Å². The van der Waals surface area contributed by atoms with Crippen molar-refractivity contribution >= 4 is 5.91 Å². The van der Waals surface area contributed by atoms with E-state index in [9.17, 15) is 4.79 Å². The Bertz CT molecular complexity index is 615. The zero-order valence-corrected chi connectivity index (χ0v) is 11.2. The molecule has 0 aliphatic carbocycles. The van der Waals surface area contributed by atoms with E-state index < -0.39 is 5.91 Å². The number of primary amides is 1. The summed E-state index contributed by atoms with van der Waals surface area (Å²) in [5.74, 6) is -0.424. The third-order valence-corrected chi connectivity index (χ3v) is 3.54. The highest BCUT2D eigenvalue weighted by atomic mass is 16.5. The largest absolute Gasteiger partial charge is 0.366 e. The van der Waals surface area contributed by atoms with Crippen molar-refractivity contribution in [3.8, 4) is 11.3 Å². The van der Waals surface area contributed by atoms with Gasteiger partial charge in [-0.15, -0.1) is 0 Å². The molecule has 104 valence electrons. The number of aromatic nitrogens is 2. The van der Waals surface area contributed by atoms with Gasteiger partial charge in [0.05, 0.1) is 5.69 Å². The molecule has 1 amide bonds. The van der Waals surface area contributed by atoms with Crippen LogP contribution in [0.4, 0.5) is 0 Å². The third-order valence-electron chi connectivity index (χ3n) is 3.54. The second-order valence-corrected chi connectivity index (χ2v) is 4.93. The Kier molecular flexibility index (Phi) is 3.52. The van der Waals surface area contributed by atoms with Crippen molar-refractivity contribution in [2.45, 2.75) is 25.5 Å². The van der Waals surface area contributed by atoms with E-state index >= 15 is 0 Å². The number of rotatable bonds is 3. The molecule has 1 aliphatic rings. The fourth-order valence-electron chi connectivity index (χ4n) is 2.52. The van der Waals surface area contributed by atoms with Gasteiger partial charge >= 0.3 is 0 Å². The molecular weight excluding hydrogens is 254 g/mol. The molecule has 5 nitrogen and oxygen atoms in total. The lowest BCUT2D eigenvalue weighted by Crippen LogP contribution is -2.20. The standard InChI is InChI=1S/C15H17N3O2/c16-15(19)12-5-3-4-11(10-12)13-7-8-17-18(13)14-6-1-2-9-20-14/h3-5,7-8,10,14H,1-2,6,9H2,(H2,16,19). The molecular formula is C15H17N3O2. The molecule has 1 fully saturated rings. The van der Waals surface area contributed by atoms with Crippen molar-refractivity contribution < 1.29 is 9.53 Å². The number of nitrogens with zero attached hydrogens (tertiary/aromatic N) is 2. The topological polar surface area (TPSA) is 70.1 Å². The predicted octanol–water partition coefficient (Wildman–Crippen LogP) is 2.35. The number of amides is 1. The van der Waals surface area contributed by atoms with Crippen molar-refractivity contribution in [2.24, 2.45) is 5.73 Å². The highest BCUT2D eigenvalue weighted by Crippen LogP contribution is 2.28. The SMILES string of the molecule is NC(=O)c1cccc(-c2ccnn2C2CCCCO2)c1. The number of hydrogen-bond acceptors (Lipinski definition) is 3. The summed E-state index contributed by atoms with van der Waals surface area (Å²) in [7, 11) is 0. The highest BCUT2D eigenvalue weighted by molar-refractivity contribution is 5.94. The van der Waals surface area contributed by atoms with Crippen molar-refractivity contribution in [1.82, 2.24) is 9.78 Å². The van der Waals surface area contributed by atoms with E-state index in [2.05, 4.69) is 5.10 Å². The van der Waals surface area contributed by atoms with Crippen LogP contribution in [-0.4, -0.2) is 22.3 Å². The van der Waals surface area contributed by atoms with Crippen molar-refractivity contribution in [2.75, 3.05) is 6.61 Å². The first-order valence-electron chi connectivity index (χ1n) is 6.81. The zero-order valence-electron chi connectivity index (χ0n) is 11.2. The van der Waals surface area contributed by atoms with Crippen molar-refractivity contribution in [1.29, 1.82) is 0 Å². The van der Waals surface area contributed by atoms with E-state index in [0.29, 0.717) is 5.56 Å². The van der Waals surface area contributed by atoms with Gasteiger partial charge in [-0.05, 0) is 37.5 Å². The number of ether oxygens (including phenoxy) is 1. The number of carbonyl (C=O) groups excluding carboxylic acids is 1. The molecule has 1 saturated heterocycles. The van der Waals surface area contributed by atoms with E-state index in [-0.39, 0.29) is 6.23 Å². The third kappa shape index (κ3) is 2.44. The van der Waals surface area contributed by atoms with Crippen molar-refractivity contribution in [3.05, 3.63) is 42.1 Å². The second-order valence-electron chi connectivity index (χ2n) is 4.93. The fourth-order valence-corrected chi connectivity index (χ4v) is 2.52. The Morgan fingerprint density at radius 1 is 1.35 bits per heavy atom. The maximum absolute atomic E-state index is 11.3. The first kappa shape index (κ1) is 12.9. The van der Waals surface area contributed by atoms with Gasteiger partial charge in [0.1, 0.15) is 0 Å². The monoisotopic (exact) mass is 271 g/mol. The van der Waals surface area contributed by atoms with Gasteiger partial charge in [0, 0.05) is 23.9 Å². The Labute approximate surface area is 117 Å². The average molecular weight is 271 g/mol. The lowest BCUT2D eigenvalue weighted by atomic mass is 10.1. The number of hydrogen-bond donors (Lipinski definition) is 1. The first-order valence-corrected chi connectivity index (χ1v) is 6.81. The smallest absolute Gasteiger partial charge is 0.248 e. The molecule has 3 rings (SSSR count). The van der Waals surface area contributed by atoms with Crippen LogP contribution in [0.5, 0.6) is 0 Å². The van der Waals surface area contributed by atoms with E-state index in [1.54, 1.807) is 18.3 Å². The summed E-state index contributed by atoms with van der Waals surface area (Å²) in [5, 5.41) is 4.37. The summed E-state index contributed by atoms with van der Waals surface area (Å²) < 4.78 is 7.66. The normalized spacial score (nSPS) is 18.9. The van der Waals surface area contributed by atoms with E-state index in [1.165, 1.54) is 0 Å². The molecule has 2 heterocycles. The first-order chi connectivity index (χ1) is 9.75. The lowest BCUT2D eigenvalue weighted by molar-refractivity contribution is -0.0383. The Morgan fingerprint density at radius 3 is 3.00 bits per heavy atom. The molecule has 0 radical (unpaired) electrons. The summed E-state index contributed by atoms with van der Waals surface area (Å²) in [4.78, 5) is 11.3. The number of carbonyl (C=O) groups is 1. The van der Waals surface area contributed by atoms with Crippen molar-refractivity contribution in [3.63, 3.8) is 0 Å². The quantitative estimate of drug-likeness (QED) is 0.931. The van der Waals surface area contributed by atoms with Crippen LogP contribution in [0.25, 0.3) is 11.3 Å². The maximum Gasteiger partial charge on any atom is 0.248 e. The Balaban J connectivity index is 1.96. The van der Waals surface area contributed by atoms with Gasteiger partial charge in [-0.25, -0.2) is 4.68 Å². The summed E-state index contributed by atoms with van der Waals surface area (Å²) in [6.07, 6.45) is 4.94. The van der Waals surface area contributed by atoms with Crippen LogP contribution in [-0.2, 0) is 4.74 Å². The summed E-state index contributed by atoms with van der Waals surface area (Å²) in [5.41, 5.74) is 7.70. The minimum Gasteiger partial charge on any atom is -0.366 e. The van der Waals surface area contributed by atoms with E-state index in [4.69, 9.17) is 10.5 Å². The number of benzene rings is 1. The molecule has 1 atom stereocenters. The average Bonchev–Trinajstić information content (AvgIpc) is 2.98. The highest BCUT2D eigenvalue weighted by Gasteiger charge is 2.19. The molecule has 0 bridgehead atoms. The molecule has 20 heavy (non-hydrogen) atoms. The molecule has 1 aromatic carbocycles. The van der Waals surface area contributed by atoms with Gasteiger partial charge in [-0.2, -0.15) is 5.10 Å². The number of nitrogens with two attached hydrogens (primary N) is 1. The van der Waals surface area contributed by atoms with Gasteiger partial charge in [0.15, 0.2) is 6.23 Å². The van der Waals surface area contributed by atoms with Crippen LogP contribution >= 0.6 is 0 Å². The summed E-state index contributed by atoms with van der Waals surface area (Å²) in [6.45, 7) is 0.769. The van der Waals surface area contributed by atoms with Gasteiger partial charge in [0.2, 0.25) is 5.91 Å². The van der Waals surface area contributed by atoms with Crippen LogP contribution in [0.1, 0.15) is 35.8 Å². The molecule has 1 aliphatic heterocycles. The van der Waals surface area contributed by atoms with Crippen LogP contribution in [0, 0.1) is 0 Å². The van der Waals surface area contributed by atoms with E-state index in [1.807, 2.05) is 22.9 Å². The van der Waals surface area contributed by atoms with Crippen LogP contribution in [0.3, 0.4) is 0 Å². The minimum atomic E-state index is -0.424. The zero-order chi connectivity index (χ0) is 13.9. The second kappa shape index (κ2) is 5.46. The minimum absolute atomic E-state index is 0.0222.